The van der Waals surface area contributed by atoms with Crippen LogP contribution >= 0.6 is 0 Å². The number of halogens is 1. The predicted molar refractivity (Wildman–Crippen MR) is 88.3 cm³/mol. The first-order valence-corrected chi connectivity index (χ1v) is 9.97. The van der Waals surface area contributed by atoms with Crippen LogP contribution in [0.2, 0.25) is 0 Å². The molecule has 0 spiro atoms. The normalized spacial score (nSPS) is 21.0. The molecule has 0 radical (unpaired) electrons. The molecule has 7 heteroatoms. The van der Waals surface area contributed by atoms with E-state index < -0.39 is 15.8 Å². The zero-order chi connectivity index (χ0) is 17.2. The molecule has 0 unspecified atom stereocenters. The van der Waals surface area contributed by atoms with Crippen molar-refractivity contribution in [2.24, 2.45) is 5.92 Å². The van der Waals surface area contributed by atoms with Crippen LogP contribution in [0.4, 0.5) is 4.39 Å². The number of hydrogen-bond acceptors (Lipinski definition) is 3. The molecule has 0 aromatic heterocycles. The fourth-order valence-corrected chi connectivity index (χ4v) is 5.08. The van der Waals surface area contributed by atoms with E-state index in [-0.39, 0.29) is 35.9 Å². The van der Waals surface area contributed by atoms with Gasteiger partial charge >= 0.3 is 0 Å². The summed E-state index contributed by atoms with van der Waals surface area (Å²) in [5.41, 5.74) is 0. The highest BCUT2D eigenvalue weighted by Crippen LogP contribution is 2.26. The summed E-state index contributed by atoms with van der Waals surface area (Å²) in [5, 5.41) is 3.08. The van der Waals surface area contributed by atoms with Crippen LogP contribution in [-0.2, 0) is 14.8 Å². The molecule has 1 saturated heterocycles. The van der Waals surface area contributed by atoms with E-state index in [2.05, 4.69) is 5.32 Å². The Bertz CT molecular complexity index is 694. The minimum atomic E-state index is -3.84. The highest BCUT2D eigenvalue weighted by Gasteiger charge is 2.34. The maximum absolute atomic E-state index is 13.8. The zero-order valence-electron chi connectivity index (χ0n) is 13.6. The lowest BCUT2D eigenvalue weighted by molar-refractivity contribution is -0.126. The Balaban J connectivity index is 1.60. The first-order valence-electron chi connectivity index (χ1n) is 8.53. The molecule has 2 fully saturated rings. The molecule has 3 rings (SSSR count). The first kappa shape index (κ1) is 17.4. The van der Waals surface area contributed by atoms with Crippen molar-refractivity contribution < 1.29 is 17.6 Å². The summed E-state index contributed by atoms with van der Waals surface area (Å²) in [6.45, 7) is 0.499. The van der Waals surface area contributed by atoms with Crippen molar-refractivity contribution in [1.29, 1.82) is 0 Å². The van der Waals surface area contributed by atoms with E-state index in [4.69, 9.17) is 0 Å². The van der Waals surface area contributed by atoms with Gasteiger partial charge in [0.2, 0.25) is 15.9 Å². The van der Waals surface area contributed by atoms with Crippen LogP contribution < -0.4 is 5.32 Å². The van der Waals surface area contributed by atoms with Crippen molar-refractivity contribution in [3.63, 3.8) is 0 Å². The van der Waals surface area contributed by atoms with Crippen LogP contribution in [0.5, 0.6) is 0 Å². The van der Waals surface area contributed by atoms with E-state index in [1.54, 1.807) is 0 Å². The van der Waals surface area contributed by atoms with Crippen LogP contribution in [0, 0.1) is 11.7 Å². The highest BCUT2D eigenvalue weighted by atomic mass is 32.2. The molecule has 0 bridgehead atoms. The van der Waals surface area contributed by atoms with Gasteiger partial charge in [-0.05, 0) is 37.8 Å². The van der Waals surface area contributed by atoms with Gasteiger partial charge in [0.15, 0.2) is 0 Å². The monoisotopic (exact) mass is 354 g/mol. The van der Waals surface area contributed by atoms with Gasteiger partial charge in [0.1, 0.15) is 10.7 Å². The number of amides is 1. The van der Waals surface area contributed by atoms with E-state index >= 15 is 0 Å². The number of carbonyl (C=O) groups is 1. The summed E-state index contributed by atoms with van der Waals surface area (Å²) >= 11 is 0. The Morgan fingerprint density at radius 2 is 1.71 bits per heavy atom. The van der Waals surface area contributed by atoms with Gasteiger partial charge in [0.05, 0.1) is 0 Å². The van der Waals surface area contributed by atoms with Gasteiger partial charge in [-0.15, -0.1) is 0 Å². The van der Waals surface area contributed by atoms with E-state index in [1.165, 1.54) is 22.5 Å². The molecule has 0 atom stereocenters. The molecular formula is C17H23FN2O3S. The third-order valence-electron chi connectivity index (χ3n) is 4.98. The van der Waals surface area contributed by atoms with E-state index in [0.717, 1.165) is 31.7 Å². The summed E-state index contributed by atoms with van der Waals surface area (Å²) in [6, 6.07) is 5.68. The van der Waals surface area contributed by atoms with E-state index in [0.29, 0.717) is 12.8 Å². The number of hydrogen-bond donors (Lipinski definition) is 1. The van der Waals surface area contributed by atoms with Gasteiger partial charge in [0.25, 0.3) is 0 Å². The number of nitrogens with zero attached hydrogens (tertiary/aromatic N) is 1. The molecule has 1 aliphatic carbocycles. The standard InChI is InChI=1S/C17H23FN2O3S/c18-15-7-3-4-8-16(15)24(22,23)20-11-9-13(10-12-20)17(21)19-14-5-1-2-6-14/h3-4,7-8,13-14H,1-2,5-6,9-12H2,(H,19,21). The Hall–Kier alpha value is -1.47. The minimum Gasteiger partial charge on any atom is -0.353 e. The Morgan fingerprint density at radius 3 is 2.33 bits per heavy atom. The van der Waals surface area contributed by atoms with Gasteiger partial charge < -0.3 is 5.32 Å². The van der Waals surface area contributed by atoms with Crippen molar-refractivity contribution in [3.05, 3.63) is 30.1 Å². The molecule has 1 heterocycles. The fraction of sp³-hybridized carbons (Fsp3) is 0.588. The molecule has 1 aromatic carbocycles. The number of piperidine rings is 1. The topological polar surface area (TPSA) is 66.5 Å². The number of rotatable bonds is 4. The van der Waals surface area contributed by atoms with Crippen molar-refractivity contribution in [2.45, 2.75) is 49.5 Å². The quantitative estimate of drug-likeness (QED) is 0.902. The second-order valence-corrected chi connectivity index (χ2v) is 8.51. The molecule has 1 aromatic rings. The lowest BCUT2D eigenvalue weighted by atomic mass is 9.97. The minimum absolute atomic E-state index is 0.0323. The summed E-state index contributed by atoms with van der Waals surface area (Å²) < 4.78 is 40.2. The first-order chi connectivity index (χ1) is 11.5. The molecule has 132 valence electrons. The second kappa shape index (κ2) is 7.19. The average molecular weight is 354 g/mol. The van der Waals surface area contributed by atoms with Crippen molar-refractivity contribution in [1.82, 2.24) is 9.62 Å². The van der Waals surface area contributed by atoms with Gasteiger partial charge in [-0.25, -0.2) is 12.8 Å². The molecule has 1 aliphatic heterocycles. The van der Waals surface area contributed by atoms with Gasteiger partial charge in [-0.3, -0.25) is 4.79 Å². The molecule has 1 N–H and O–H groups in total. The van der Waals surface area contributed by atoms with Crippen molar-refractivity contribution >= 4 is 15.9 Å². The van der Waals surface area contributed by atoms with E-state index in [9.17, 15) is 17.6 Å². The highest BCUT2D eigenvalue weighted by molar-refractivity contribution is 7.89. The molecule has 5 nitrogen and oxygen atoms in total. The van der Waals surface area contributed by atoms with Gasteiger partial charge in [0, 0.05) is 25.0 Å². The fourth-order valence-electron chi connectivity index (χ4n) is 3.54. The predicted octanol–water partition coefficient (Wildman–Crippen LogP) is 2.29. The lowest BCUT2D eigenvalue weighted by Crippen LogP contribution is -2.44. The molecule has 2 aliphatic rings. The summed E-state index contributed by atoms with van der Waals surface area (Å²) in [7, 11) is -3.84. The van der Waals surface area contributed by atoms with Crippen LogP contribution in [0.15, 0.2) is 29.2 Å². The second-order valence-electron chi connectivity index (χ2n) is 6.60. The van der Waals surface area contributed by atoms with Gasteiger partial charge in [-0.2, -0.15) is 4.31 Å². The Labute approximate surface area is 142 Å². The third-order valence-corrected chi connectivity index (χ3v) is 6.91. The summed E-state index contributed by atoms with van der Waals surface area (Å²) in [4.78, 5) is 12.0. The van der Waals surface area contributed by atoms with Crippen LogP contribution in [0.3, 0.4) is 0 Å². The zero-order valence-corrected chi connectivity index (χ0v) is 14.4. The SMILES string of the molecule is O=C(NC1CCCC1)C1CCN(S(=O)(=O)c2ccccc2F)CC1. The molecule has 24 heavy (non-hydrogen) atoms. The maximum atomic E-state index is 13.8. The number of carbonyl (C=O) groups excluding carboxylic acids is 1. The third kappa shape index (κ3) is 3.62. The number of nitrogens with one attached hydrogen (secondary N) is 1. The van der Waals surface area contributed by atoms with Crippen LogP contribution in [-0.4, -0.2) is 37.8 Å². The summed E-state index contributed by atoms with van der Waals surface area (Å²) in [6.07, 6.45) is 5.34. The summed E-state index contributed by atoms with van der Waals surface area (Å²) in [5.74, 6) is -0.860. The van der Waals surface area contributed by atoms with Gasteiger partial charge in [-0.1, -0.05) is 25.0 Å². The lowest BCUT2D eigenvalue weighted by Gasteiger charge is -2.31. The maximum Gasteiger partial charge on any atom is 0.245 e. The number of sulfonamides is 1. The number of benzene rings is 1. The average Bonchev–Trinajstić information content (AvgIpc) is 3.08. The molecule has 1 amide bonds. The van der Waals surface area contributed by atoms with Crippen LogP contribution in [0.25, 0.3) is 0 Å². The molecular weight excluding hydrogens is 331 g/mol. The molecule has 1 saturated carbocycles. The Kier molecular flexibility index (Phi) is 5.20. The van der Waals surface area contributed by atoms with Crippen LogP contribution in [0.1, 0.15) is 38.5 Å². The smallest absolute Gasteiger partial charge is 0.245 e. The van der Waals surface area contributed by atoms with E-state index in [1.807, 2.05) is 0 Å². The Morgan fingerprint density at radius 1 is 1.08 bits per heavy atom. The van der Waals surface area contributed by atoms with Crippen molar-refractivity contribution in [3.8, 4) is 0 Å². The largest absolute Gasteiger partial charge is 0.353 e. The van der Waals surface area contributed by atoms with Crippen molar-refractivity contribution in [2.75, 3.05) is 13.1 Å².